The van der Waals surface area contributed by atoms with E-state index in [0.29, 0.717) is 25.4 Å². The Morgan fingerprint density at radius 3 is 3.05 bits per heavy atom. The summed E-state index contributed by atoms with van der Waals surface area (Å²) < 4.78 is 13.5. The van der Waals surface area contributed by atoms with Gasteiger partial charge in [-0.1, -0.05) is 0 Å². The molecular weight excluding hydrogens is 282 g/mol. The van der Waals surface area contributed by atoms with Gasteiger partial charge in [0.1, 0.15) is 17.9 Å². The third-order valence-electron chi connectivity index (χ3n) is 4.54. The Bertz CT molecular complexity index is 543. The average Bonchev–Trinajstić information content (AvgIpc) is 3.08. The molecule has 3 rings (SSSR count). The van der Waals surface area contributed by atoms with Crippen molar-refractivity contribution in [3.63, 3.8) is 0 Å². The van der Waals surface area contributed by atoms with Gasteiger partial charge in [0.2, 0.25) is 0 Å². The second-order valence-corrected chi connectivity index (χ2v) is 5.98. The van der Waals surface area contributed by atoms with Crippen molar-refractivity contribution < 1.29 is 14.3 Å². The molecule has 0 bridgehead atoms. The zero-order valence-corrected chi connectivity index (χ0v) is 13.6. The molecule has 1 aromatic heterocycles. The fourth-order valence-electron chi connectivity index (χ4n) is 3.61. The standard InChI is InChI=1S/C16H25N3O3/c1-4-19-13(9-11(3)17-19)16(20)18-10-14(21-5-2)15-12(18)7-6-8-22-15/h9,12,14-15H,4-8,10H2,1-3H3/t12-,14-,15+/m1/s1. The summed E-state index contributed by atoms with van der Waals surface area (Å²) >= 11 is 0. The third kappa shape index (κ3) is 2.65. The van der Waals surface area contributed by atoms with E-state index in [1.807, 2.05) is 31.7 Å². The highest BCUT2D eigenvalue weighted by Gasteiger charge is 2.47. The number of likely N-dealkylation sites (tertiary alicyclic amines) is 1. The normalized spacial score (nSPS) is 28.0. The Balaban J connectivity index is 1.84. The van der Waals surface area contributed by atoms with Crippen molar-refractivity contribution in [3.8, 4) is 0 Å². The molecule has 22 heavy (non-hydrogen) atoms. The van der Waals surface area contributed by atoms with Gasteiger partial charge in [0.25, 0.3) is 5.91 Å². The molecule has 3 atom stereocenters. The van der Waals surface area contributed by atoms with Crippen LogP contribution in [0.1, 0.15) is 42.9 Å². The first-order valence-electron chi connectivity index (χ1n) is 8.24. The molecule has 6 heteroatoms. The van der Waals surface area contributed by atoms with Crippen LogP contribution in [0.4, 0.5) is 0 Å². The van der Waals surface area contributed by atoms with Crippen LogP contribution in [0.5, 0.6) is 0 Å². The fourth-order valence-corrected chi connectivity index (χ4v) is 3.61. The third-order valence-corrected chi connectivity index (χ3v) is 4.54. The van der Waals surface area contributed by atoms with Crippen LogP contribution in [0.3, 0.4) is 0 Å². The summed E-state index contributed by atoms with van der Waals surface area (Å²) in [5, 5.41) is 4.39. The number of nitrogens with zero attached hydrogens (tertiary/aromatic N) is 3. The molecule has 122 valence electrons. The fraction of sp³-hybridized carbons (Fsp3) is 0.750. The molecule has 0 aliphatic carbocycles. The van der Waals surface area contributed by atoms with E-state index < -0.39 is 0 Å². The van der Waals surface area contributed by atoms with Crippen LogP contribution in [-0.4, -0.2) is 58.6 Å². The zero-order chi connectivity index (χ0) is 15.7. The van der Waals surface area contributed by atoms with Crippen LogP contribution in [-0.2, 0) is 16.0 Å². The maximum atomic E-state index is 13.0. The molecule has 2 aliphatic rings. The number of ether oxygens (including phenoxy) is 2. The predicted molar refractivity (Wildman–Crippen MR) is 81.9 cm³/mol. The minimum atomic E-state index is -0.0154. The maximum Gasteiger partial charge on any atom is 0.272 e. The molecule has 0 saturated carbocycles. The lowest BCUT2D eigenvalue weighted by molar-refractivity contribution is -0.0738. The minimum Gasteiger partial charge on any atom is -0.374 e. The van der Waals surface area contributed by atoms with Gasteiger partial charge in [-0.15, -0.1) is 0 Å². The van der Waals surface area contributed by atoms with Gasteiger partial charge in [-0.2, -0.15) is 5.10 Å². The molecule has 2 aliphatic heterocycles. The Morgan fingerprint density at radius 1 is 1.50 bits per heavy atom. The summed E-state index contributed by atoms with van der Waals surface area (Å²) in [5.74, 6) is 0.0464. The lowest BCUT2D eigenvalue weighted by atomic mass is 10.0. The lowest BCUT2D eigenvalue weighted by Gasteiger charge is -2.32. The molecule has 0 unspecified atom stereocenters. The SMILES string of the molecule is CCO[C@@H]1CN(C(=O)c2cc(C)nn2CC)[C@@H]2CCCO[C@@H]21. The molecule has 6 nitrogen and oxygen atoms in total. The molecule has 2 fully saturated rings. The van der Waals surface area contributed by atoms with Crippen LogP contribution in [0.15, 0.2) is 6.07 Å². The van der Waals surface area contributed by atoms with Crippen LogP contribution in [0, 0.1) is 6.92 Å². The Morgan fingerprint density at radius 2 is 2.32 bits per heavy atom. The molecule has 0 radical (unpaired) electrons. The Labute approximate surface area is 131 Å². The van der Waals surface area contributed by atoms with E-state index in [9.17, 15) is 4.79 Å². The van der Waals surface area contributed by atoms with Crippen molar-refractivity contribution in [2.45, 2.75) is 58.4 Å². The summed E-state index contributed by atoms with van der Waals surface area (Å²) in [6.45, 7) is 8.62. The van der Waals surface area contributed by atoms with Crippen molar-refractivity contribution in [1.82, 2.24) is 14.7 Å². The monoisotopic (exact) mass is 307 g/mol. The van der Waals surface area contributed by atoms with Gasteiger partial charge >= 0.3 is 0 Å². The molecule has 0 spiro atoms. The van der Waals surface area contributed by atoms with Crippen molar-refractivity contribution in [2.24, 2.45) is 0 Å². The first-order chi connectivity index (χ1) is 10.7. The van der Waals surface area contributed by atoms with Crippen molar-refractivity contribution >= 4 is 5.91 Å². The van der Waals surface area contributed by atoms with Gasteiger partial charge < -0.3 is 14.4 Å². The summed E-state index contributed by atoms with van der Waals surface area (Å²) in [4.78, 5) is 14.9. The summed E-state index contributed by atoms with van der Waals surface area (Å²) in [7, 11) is 0. The molecule has 1 amide bonds. The maximum absolute atomic E-state index is 13.0. The molecular formula is C16H25N3O3. The number of carbonyl (C=O) groups is 1. The molecule has 1 aromatic rings. The molecule has 2 saturated heterocycles. The number of carbonyl (C=O) groups excluding carboxylic acids is 1. The number of amides is 1. The second-order valence-electron chi connectivity index (χ2n) is 5.98. The van der Waals surface area contributed by atoms with Crippen molar-refractivity contribution in [3.05, 3.63) is 17.5 Å². The summed E-state index contributed by atoms with van der Waals surface area (Å²) in [6.07, 6.45) is 1.98. The first kappa shape index (κ1) is 15.5. The molecule has 0 N–H and O–H groups in total. The van der Waals surface area contributed by atoms with Gasteiger partial charge in [-0.25, -0.2) is 0 Å². The smallest absolute Gasteiger partial charge is 0.272 e. The van der Waals surface area contributed by atoms with E-state index >= 15 is 0 Å². The predicted octanol–water partition coefficient (Wildman–Crippen LogP) is 1.62. The number of hydrogen-bond donors (Lipinski definition) is 0. The Kier molecular flexibility index (Phi) is 4.49. The van der Waals surface area contributed by atoms with E-state index in [1.165, 1.54) is 0 Å². The number of aryl methyl sites for hydroxylation is 2. The zero-order valence-electron chi connectivity index (χ0n) is 13.6. The second kappa shape index (κ2) is 6.38. The first-order valence-corrected chi connectivity index (χ1v) is 8.24. The highest BCUT2D eigenvalue weighted by Crippen LogP contribution is 2.31. The van der Waals surface area contributed by atoms with E-state index in [-0.39, 0.29) is 24.2 Å². The van der Waals surface area contributed by atoms with Gasteiger partial charge in [0, 0.05) is 19.8 Å². The van der Waals surface area contributed by atoms with E-state index in [2.05, 4.69) is 5.10 Å². The topological polar surface area (TPSA) is 56.6 Å². The van der Waals surface area contributed by atoms with Crippen LogP contribution in [0.2, 0.25) is 0 Å². The van der Waals surface area contributed by atoms with Crippen LogP contribution in [0.25, 0.3) is 0 Å². The van der Waals surface area contributed by atoms with Gasteiger partial charge in [0.15, 0.2) is 0 Å². The largest absolute Gasteiger partial charge is 0.374 e. The highest BCUT2D eigenvalue weighted by molar-refractivity contribution is 5.93. The number of rotatable bonds is 4. The average molecular weight is 307 g/mol. The van der Waals surface area contributed by atoms with Crippen LogP contribution >= 0.6 is 0 Å². The van der Waals surface area contributed by atoms with Crippen molar-refractivity contribution in [2.75, 3.05) is 19.8 Å². The Hall–Kier alpha value is -1.40. The summed E-state index contributed by atoms with van der Waals surface area (Å²) in [6, 6.07) is 2.00. The number of aromatic nitrogens is 2. The van der Waals surface area contributed by atoms with Gasteiger partial charge in [0.05, 0.1) is 18.3 Å². The van der Waals surface area contributed by atoms with Crippen molar-refractivity contribution in [1.29, 1.82) is 0 Å². The number of hydrogen-bond acceptors (Lipinski definition) is 4. The molecule has 0 aromatic carbocycles. The highest BCUT2D eigenvalue weighted by atomic mass is 16.5. The van der Waals surface area contributed by atoms with Crippen LogP contribution < -0.4 is 0 Å². The number of fused-ring (bicyclic) bond motifs is 1. The lowest BCUT2D eigenvalue weighted by Crippen LogP contribution is -2.44. The molecule has 3 heterocycles. The quantitative estimate of drug-likeness (QED) is 0.848. The minimum absolute atomic E-state index is 0.0109. The van der Waals surface area contributed by atoms with Gasteiger partial charge in [-0.3, -0.25) is 9.48 Å². The van der Waals surface area contributed by atoms with Gasteiger partial charge in [-0.05, 0) is 39.7 Å². The van der Waals surface area contributed by atoms with E-state index in [4.69, 9.17) is 9.47 Å². The van der Waals surface area contributed by atoms with E-state index in [1.54, 1.807) is 4.68 Å². The van der Waals surface area contributed by atoms with E-state index in [0.717, 1.165) is 25.1 Å². The summed E-state index contributed by atoms with van der Waals surface area (Å²) in [5.41, 5.74) is 1.55.